The second-order valence-electron chi connectivity index (χ2n) is 8.81. The van der Waals surface area contributed by atoms with Crippen LogP contribution in [0.1, 0.15) is 31.7 Å². The standard InChI is InChI=1S/C29H29N3O3S/c1-3-26-29(33)32(15-6-7-16-34-22-10-8-9-20(2)17-22)25-18-21(12-13-27(25)35-26)24-19-36-28(31-24)23-11-4-5-14-30-23/h4-5,8-14,17-19,26H,3,6-7,15-16H2,1-2H3. The molecule has 1 atom stereocenters. The second-order valence-corrected chi connectivity index (χ2v) is 9.67. The maximum Gasteiger partial charge on any atom is 0.268 e. The van der Waals surface area contributed by atoms with Gasteiger partial charge in [0.1, 0.15) is 16.5 Å². The lowest BCUT2D eigenvalue weighted by molar-refractivity contribution is -0.126. The lowest BCUT2D eigenvalue weighted by Gasteiger charge is -2.34. The van der Waals surface area contributed by atoms with Gasteiger partial charge in [0.15, 0.2) is 6.10 Å². The van der Waals surface area contributed by atoms with E-state index in [9.17, 15) is 4.79 Å². The molecule has 2 aromatic carbocycles. The van der Waals surface area contributed by atoms with Crippen molar-refractivity contribution in [1.29, 1.82) is 0 Å². The predicted molar refractivity (Wildman–Crippen MR) is 144 cm³/mol. The number of thiazole rings is 1. The Morgan fingerprint density at radius 3 is 2.78 bits per heavy atom. The van der Waals surface area contributed by atoms with Crippen LogP contribution >= 0.6 is 11.3 Å². The molecule has 6 nitrogen and oxygen atoms in total. The molecule has 1 aliphatic rings. The average molecular weight is 500 g/mol. The third kappa shape index (κ3) is 5.26. The Kier molecular flexibility index (Phi) is 7.28. The maximum absolute atomic E-state index is 13.2. The summed E-state index contributed by atoms with van der Waals surface area (Å²) in [6, 6.07) is 19.8. The van der Waals surface area contributed by atoms with Crippen LogP contribution in [-0.2, 0) is 4.79 Å². The van der Waals surface area contributed by atoms with Crippen molar-refractivity contribution in [2.45, 2.75) is 39.2 Å². The minimum atomic E-state index is -0.457. The Morgan fingerprint density at radius 2 is 1.97 bits per heavy atom. The Balaban J connectivity index is 1.31. The number of carbonyl (C=O) groups excluding carboxylic acids is 1. The number of rotatable bonds is 9. The van der Waals surface area contributed by atoms with E-state index < -0.39 is 6.10 Å². The number of hydrogen-bond acceptors (Lipinski definition) is 6. The zero-order chi connectivity index (χ0) is 24.9. The molecule has 5 rings (SSSR count). The summed E-state index contributed by atoms with van der Waals surface area (Å²) in [5.41, 5.74) is 4.64. The van der Waals surface area contributed by atoms with E-state index in [1.165, 1.54) is 5.56 Å². The number of aryl methyl sites for hydroxylation is 1. The minimum absolute atomic E-state index is 0.00852. The van der Waals surface area contributed by atoms with Crippen LogP contribution < -0.4 is 14.4 Å². The average Bonchev–Trinajstić information content (AvgIpc) is 3.40. The molecule has 0 bridgehead atoms. The van der Waals surface area contributed by atoms with E-state index in [-0.39, 0.29) is 5.91 Å². The number of anilines is 1. The summed E-state index contributed by atoms with van der Waals surface area (Å²) >= 11 is 1.56. The number of amides is 1. The van der Waals surface area contributed by atoms with Crippen molar-refractivity contribution in [3.63, 3.8) is 0 Å². The number of ether oxygens (including phenoxy) is 2. The summed E-state index contributed by atoms with van der Waals surface area (Å²) in [5.74, 6) is 1.63. The molecule has 2 aromatic heterocycles. The highest BCUT2D eigenvalue weighted by Crippen LogP contribution is 2.39. The molecule has 4 aromatic rings. The van der Waals surface area contributed by atoms with Gasteiger partial charge >= 0.3 is 0 Å². The number of carbonyl (C=O) groups is 1. The number of unbranched alkanes of at least 4 members (excludes halogenated alkanes) is 1. The van der Waals surface area contributed by atoms with Gasteiger partial charge in [-0.1, -0.05) is 25.1 Å². The van der Waals surface area contributed by atoms with Gasteiger partial charge in [0.2, 0.25) is 0 Å². The van der Waals surface area contributed by atoms with Crippen molar-refractivity contribution < 1.29 is 14.3 Å². The van der Waals surface area contributed by atoms with E-state index in [2.05, 4.69) is 18.0 Å². The summed E-state index contributed by atoms with van der Waals surface area (Å²) < 4.78 is 11.9. The third-order valence-electron chi connectivity index (χ3n) is 6.15. The molecule has 0 N–H and O–H groups in total. The quantitative estimate of drug-likeness (QED) is 0.245. The molecule has 3 heterocycles. The summed E-state index contributed by atoms with van der Waals surface area (Å²) in [7, 11) is 0. The van der Waals surface area contributed by atoms with E-state index in [0.717, 1.165) is 52.0 Å². The lowest BCUT2D eigenvalue weighted by Crippen LogP contribution is -2.46. The molecule has 1 aliphatic heterocycles. The van der Waals surface area contributed by atoms with Crippen LogP contribution in [0.5, 0.6) is 11.5 Å². The SMILES string of the molecule is CCC1Oc2ccc(-c3csc(-c4ccccn4)n3)cc2N(CCCCOc2cccc(C)c2)C1=O. The van der Waals surface area contributed by atoms with Gasteiger partial charge in [-0.15, -0.1) is 11.3 Å². The first-order valence-electron chi connectivity index (χ1n) is 12.3. The Bertz CT molecular complexity index is 1340. The molecule has 0 saturated carbocycles. The molecule has 1 unspecified atom stereocenters. The van der Waals surface area contributed by atoms with Crippen molar-refractivity contribution in [3.05, 3.63) is 77.8 Å². The molecule has 0 spiro atoms. The molecule has 0 radical (unpaired) electrons. The second kappa shape index (κ2) is 10.9. The highest BCUT2D eigenvalue weighted by Gasteiger charge is 2.33. The fraction of sp³-hybridized carbons (Fsp3) is 0.276. The van der Waals surface area contributed by atoms with Crippen LogP contribution in [0.2, 0.25) is 0 Å². The minimum Gasteiger partial charge on any atom is -0.494 e. The molecular weight excluding hydrogens is 470 g/mol. The monoisotopic (exact) mass is 499 g/mol. The Morgan fingerprint density at radius 1 is 1.06 bits per heavy atom. The van der Waals surface area contributed by atoms with Crippen LogP contribution in [0.25, 0.3) is 22.0 Å². The molecule has 184 valence electrons. The Hall–Kier alpha value is -3.71. The largest absolute Gasteiger partial charge is 0.494 e. The first kappa shape index (κ1) is 24.0. The topological polar surface area (TPSA) is 64.6 Å². The highest BCUT2D eigenvalue weighted by molar-refractivity contribution is 7.13. The molecule has 36 heavy (non-hydrogen) atoms. The zero-order valence-electron chi connectivity index (χ0n) is 20.5. The summed E-state index contributed by atoms with van der Waals surface area (Å²) in [6.45, 7) is 5.26. The predicted octanol–water partition coefficient (Wildman–Crippen LogP) is 6.54. The van der Waals surface area contributed by atoms with Crippen molar-refractivity contribution >= 4 is 22.9 Å². The van der Waals surface area contributed by atoms with Gasteiger partial charge in [0.25, 0.3) is 5.91 Å². The zero-order valence-corrected chi connectivity index (χ0v) is 21.3. The Labute approximate surface area is 215 Å². The third-order valence-corrected chi connectivity index (χ3v) is 7.01. The summed E-state index contributed by atoms with van der Waals surface area (Å²) in [4.78, 5) is 24.3. The van der Waals surface area contributed by atoms with Crippen LogP contribution in [0, 0.1) is 6.92 Å². The fourth-order valence-electron chi connectivity index (χ4n) is 4.25. The van der Waals surface area contributed by atoms with Gasteiger partial charge in [-0.25, -0.2) is 4.98 Å². The first-order valence-corrected chi connectivity index (χ1v) is 13.2. The van der Waals surface area contributed by atoms with Gasteiger partial charge in [-0.3, -0.25) is 9.78 Å². The van der Waals surface area contributed by atoms with Crippen molar-refractivity contribution in [1.82, 2.24) is 9.97 Å². The number of aromatic nitrogens is 2. The van der Waals surface area contributed by atoms with Crippen molar-refractivity contribution in [3.8, 4) is 33.5 Å². The maximum atomic E-state index is 13.2. The number of nitrogens with zero attached hydrogens (tertiary/aromatic N) is 3. The molecule has 0 aliphatic carbocycles. The van der Waals surface area contributed by atoms with Crippen LogP contribution in [0.4, 0.5) is 5.69 Å². The first-order chi connectivity index (χ1) is 17.6. The molecular formula is C29H29N3O3S. The molecule has 0 saturated heterocycles. The van der Waals surface area contributed by atoms with Crippen LogP contribution in [0.3, 0.4) is 0 Å². The van der Waals surface area contributed by atoms with E-state index in [1.807, 2.05) is 71.8 Å². The van der Waals surface area contributed by atoms with Gasteiger partial charge in [0, 0.05) is 23.7 Å². The summed E-state index contributed by atoms with van der Waals surface area (Å²) in [6.07, 6.45) is 3.63. The van der Waals surface area contributed by atoms with E-state index in [0.29, 0.717) is 19.6 Å². The molecule has 0 fully saturated rings. The van der Waals surface area contributed by atoms with Crippen LogP contribution in [0.15, 0.2) is 72.2 Å². The molecule has 1 amide bonds. The van der Waals surface area contributed by atoms with Gasteiger partial charge in [0.05, 0.1) is 23.7 Å². The molecule has 7 heteroatoms. The van der Waals surface area contributed by atoms with E-state index in [1.54, 1.807) is 17.5 Å². The van der Waals surface area contributed by atoms with Crippen molar-refractivity contribution in [2.75, 3.05) is 18.1 Å². The van der Waals surface area contributed by atoms with E-state index >= 15 is 0 Å². The fourth-order valence-corrected chi connectivity index (χ4v) is 5.06. The number of benzene rings is 2. The van der Waals surface area contributed by atoms with Crippen LogP contribution in [-0.4, -0.2) is 35.1 Å². The van der Waals surface area contributed by atoms with E-state index in [4.69, 9.17) is 14.5 Å². The lowest BCUT2D eigenvalue weighted by atomic mass is 10.1. The number of pyridine rings is 1. The highest BCUT2D eigenvalue weighted by atomic mass is 32.1. The van der Waals surface area contributed by atoms with Gasteiger partial charge in [-0.2, -0.15) is 0 Å². The summed E-state index contributed by atoms with van der Waals surface area (Å²) in [5, 5.41) is 2.89. The van der Waals surface area contributed by atoms with Crippen molar-refractivity contribution in [2.24, 2.45) is 0 Å². The van der Waals surface area contributed by atoms with Gasteiger partial charge in [-0.05, 0) is 74.2 Å². The normalized spacial score (nSPS) is 14.9. The van der Waals surface area contributed by atoms with Gasteiger partial charge < -0.3 is 14.4 Å². The number of hydrogen-bond donors (Lipinski definition) is 0. The number of fused-ring (bicyclic) bond motifs is 1. The smallest absolute Gasteiger partial charge is 0.268 e.